The van der Waals surface area contributed by atoms with E-state index >= 15 is 0 Å². The molecule has 1 amide bonds. The second kappa shape index (κ2) is 4.80. The molecule has 0 spiro atoms. The van der Waals surface area contributed by atoms with Gasteiger partial charge in [-0.15, -0.1) is 11.3 Å². The molecule has 0 saturated heterocycles. The van der Waals surface area contributed by atoms with Crippen molar-refractivity contribution in [2.45, 2.75) is 6.54 Å². The number of carbonyl (C=O) groups excluding carboxylic acids is 1. The van der Waals surface area contributed by atoms with E-state index in [1.165, 1.54) is 11.3 Å². The van der Waals surface area contributed by atoms with Crippen molar-refractivity contribution in [2.24, 2.45) is 7.05 Å². The Hall–Kier alpha value is -1.14. The summed E-state index contributed by atoms with van der Waals surface area (Å²) in [6.45, 7) is 0.500. The molecule has 0 fully saturated rings. The first-order valence-corrected chi connectivity index (χ1v) is 6.32. The van der Waals surface area contributed by atoms with Gasteiger partial charge < -0.3 is 5.32 Å². The molecule has 2 heterocycles. The molecule has 4 nitrogen and oxygen atoms in total. The van der Waals surface area contributed by atoms with Gasteiger partial charge in [0.05, 0.1) is 15.5 Å². The van der Waals surface area contributed by atoms with E-state index in [-0.39, 0.29) is 5.91 Å². The lowest BCUT2D eigenvalue weighted by Crippen LogP contribution is -2.21. The van der Waals surface area contributed by atoms with Gasteiger partial charge >= 0.3 is 0 Å². The average molecular weight is 300 g/mol. The van der Waals surface area contributed by atoms with Crippen molar-refractivity contribution in [2.75, 3.05) is 0 Å². The number of hydrogen-bond donors (Lipinski definition) is 1. The summed E-state index contributed by atoms with van der Waals surface area (Å²) in [7, 11) is 1.85. The van der Waals surface area contributed by atoms with Crippen molar-refractivity contribution in [3.63, 3.8) is 0 Å². The molecule has 0 radical (unpaired) electrons. The summed E-state index contributed by atoms with van der Waals surface area (Å²) < 4.78 is 2.67. The fourth-order valence-electron chi connectivity index (χ4n) is 1.28. The Labute approximate surface area is 105 Å². The molecule has 2 rings (SSSR count). The average Bonchev–Trinajstić information content (AvgIpc) is 2.84. The molecule has 0 saturated carbocycles. The minimum absolute atomic E-state index is 0.0641. The highest BCUT2D eigenvalue weighted by Gasteiger charge is 2.07. The van der Waals surface area contributed by atoms with Crippen LogP contribution in [-0.2, 0) is 13.6 Å². The summed E-state index contributed by atoms with van der Waals surface area (Å²) >= 11 is 4.82. The van der Waals surface area contributed by atoms with Gasteiger partial charge in [0.2, 0.25) is 0 Å². The fraction of sp³-hybridized carbons (Fsp3) is 0.200. The quantitative estimate of drug-likeness (QED) is 0.944. The van der Waals surface area contributed by atoms with Gasteiger partial charge in [-0.3, -0.25) is 9.48 Å². The minimum atomic E-state index is -0.0641. The van der Waals surface area contributed by atoms with Crippen molar-refractivity contribution >= 4 is 33.2 Å². The van der Waals surface area contributed by atoms with E-state index in [2.05, 4.69) is 26.3 Å². The Balaban J connectivity index is 1.93. The predicted octanol–water partition coefficient (Wildman–Crippen LogP) is 2.17. The molecular weight excluding hydrogens is 290 g/mol. The maximum absolute atomic E-state index is 11.7. The Bertz CT molecular complexity index is 506. The molecule has 0 bridgehead atoms. The van der Waals surface area contributed by atoms with E-state index in [0.29, 0.717) is 12.1 Å². The van der Waals surface area contributed by atoms with Crippen LogP contribution in [0.2, 0.25) is 0 Å². The van der Waals surface area contributed by atoms with Gasteiger partial charge in [-0.05, 0) is 22.0 Å². The normalized spacial score (nSPS) is 10.4. The predicted molar refractivity (Wildman–Crippen MR) is 66.4 cm³/mol. The van der Waals surface area contributed by atoms with Crippen molar-refractivity contribution in [1.29, 1.82) is 0 Å². The van der Waals surface area contributed by atoms with E-state index in [4.69, 9.17) is 0 Å². The zero-order valence-electron chi connectivity index (χ0n) is 8.61. The van der Waals surface area contributed by atoms with Crippen molar-refractivity contribution in [3.05, 3.63) is 38.8 Å². The van der Waals surface area contributed by atoms with Crippen LogP contribution in [0.3, 0.4) is 0 Å². The summed E-state index contributed by atoms with van der Waals surface area (Å²) in [6, 6.07) is 1.81. The molecule has 84 valence electrons. The first kappa shape index (κ1) is 11.3. The van der Waals surface area contributed by atoms with Gasteiger partial charge in [-0.1, -0.05) is 0 Å². The highest BCUT2D eigenvalue weighted by atomic mass is 79.9. The summed E-state index contributed by atoms with van der Waals surface area (Å²) in [5.74, 6) is -0.0641. The smallest absolute Gasteiger partial charge is 0.252 e. The highest BCUT2D eigenvalue weighted by molar-refractivity contribution is 9.11. The van der Waals surface area contributed by atoms with Crippen molar-refractivity contribution < 1.29 is 4.79 Å². The maximum atomic E-state index is 11.7. The molecule has 16 heavy (non-hydrogen) atoms. The number of aromatic nitrogens is 2. The molecule has 0 aliphatic carbocycles. The summed E-state index contributed by atoms with van der Waals surface area (Å²) in [6.07, 6.45) is 3.62. The van der Waals surface area contributed by atoms with Crippen LogP contribution in [0.15, 0.2) is 27.6 Å². The second-order valence-electron chi connectivity index (χ2n) is 3.34. The molecule has 0 aliphatic heterocycles. The summed E-state index contributed by atoms with van der Waals surface area (Å²) in [4.78, 5) is 11.7. The van der Waals surface area contributed by atoms with Crippen LogP contribution < -0.4 is 5.32 Å². The SMILES string of the molecule is Cn1cc(CNC(=O)c2csc(Br)c2)cn1. The number of rotatable bonds is 3. The van der Waals surface area contributed by atoms with Crippen LogP contribution in [0.1, 0.15) is 15.9 Å². The van der Waals surface area contributed by atoms with E-state index < -0.39 is 0 Å². The number of hydrogen-bond acceptors (Lipinski definition) is 3. The first-order valence-electron chi connectivity index (χ1n) is 4.65. The minimum Gasteiger partial charge on any atom is -0.348 e. The van der Waals surface area contributed by atoms with Crippen molar-refractivity contribution in [3.8, 4) is 0 Å². The number of carbonyl (C=O) groups is 1. The van der Waals surface area contributed by atoms with Crippen LogP contribution in [0, 0.1) is 0 Å². The van der Waals surface area contributed by atoms with E-state index in [1.54, 1.807) is 10.9 Å². The van der Waals surface area contributed by atoms with E-state index in [9.17, 15) is 4.79 Å². The van der Waals surface area contributed by atoms with E-state index in [1.807, 2.05) is 24.7 Å². The zero-order chi connectivity index (χ0) is 11.5. The third-order valence-corrected chi connectivity index (χ3v) is 3.55. The first-order chi connectivity index (χ1) is 7.65. The molecule has 2 aromatic rings. The lowest BCUT2D eigenvalue weighted by molar-refractivity contribution is 0.0951. The number of thiophene rings is 1. The van der Waals surface area contributed by atoms with Gasteiger partial charge in [0, 0.05) is 30.7 Å². The third-order valence-electron chi connectivity index (χ3n) is 2.04. The Morgan fingerprint density at radius 2 is 2.50 bits per heavy atom. The number of amides is 1. The molecule has 6 heteroatoms. The molecular formula is C10H10BrN3OS. The van der Waals surface area contributed by atoms with Crippen molar-refractivity contribution in [1.82, 2.24) is 15.1 Å². The van der Waals surface area contributed by atoms with Gasteiger partial charge in [0.15, 0.2) is 0 Å². The number of halogens is 1. The van der Waals surface area contributed by atoms with Gasteiger partial charge in [-0.2, -0.15) is 5.10 Å². The standard InChI is InChI=1S/C10H10BrN3OS/c1-14-5-7(4-13-14)3-12-10(15)8-2-9(11)16-6-8/h2,4-6H,3H2,1H3,(H,12,15). The monoisotopic (exact) mass is 299 g/mol. The van der Waals surface area contributed by atoms with Gasteiger partial charge in [0.1, 0.15) is 0 Å². The highest BCUT2D eigenvalue weighted by Crippen LogP contribution is 2.20. The van der Waals surface area contributed by atoms with Crippen LogP contribution in [0.4, 0.5) is 0 Å². The molecule has 2 aromatic heterocycles. The lowest BCUT2D eigenvalue weighted by atomic mass is 10.3. The van der Waals surface area contributed by atoms with Crippen LogP contribution in [0.5, 0.6) is 0 Å². The Kier molecular flexibility index (Phi) is 3.40. The fourth-order valence-corrected chi connectivity index (χ4v) is 2.41. The van der Waals surface area contributed by atoms with Gasteiger partial charge in [-0.25, -0.2) is 0 Å². The van der Waals surface area contributed by atoms with Crippen LogP contribution in [0.25, 0.3) is 0 Å². The van der Waals surface area contributed by atoms with Crippen LogP contribution in [-0.4, -0.2) is 15.7 Å². The molecule has 1 N–H and O–H groups in total. The summed E-state index contributed by atoms with van der Waals surface area (Å²) in [5.41, 5.74) is 1.67. The Morgan fingerprint density at radius 3 is 3.06 bits per heavy atom. The van der Waals surface area contributed by atoms with Gasteiger partial charge in [0.25, 0.3) is 5.91 Å². The molecule has 0 unspecified atom stereocenters. The van der Waals surface area contributed by atoms with E-state index in [0.717, 1.165) is 9.35 Å². The number of aryl methyl sites for hydroxylation is 1. The third kappa shape index (κ3) is 2.70. The zero-order valence-corrected chi connectivity index (χ0v) is 11.0. The lowest BCUT2D eigenvalue weighted by Gasteiger charge is -2.00. The molecule has 0 aromatic carbocycles. The topological polar surface area (TPSA) is 46.9 Å². The second-order valence-corrected chi connectivity index (χ2v) is 5.63. The molecule has 0 aliphatic rings. The molecule has 0 atom stereocenters. The Morgan fingerprint density at radius 1 is 1.69 bits per heavy atom. The van der Waals surface area contributed by atoms with Crippen LogP contribution >= 0.6 is 27.3 Å². The summed E-state index contributed by atoms with van der Waals surface area (Å²) in [5, 5.41) is 8.69. The largest absolute Gasteiger partial charge is 0.348 e. The maximum Gasteiger partial charge on any atom is 0.252 e. The number of nitrogens with one attached hydrogen (secondary N) is 1. The number of nitrogens with zero attached hydrogens (tertiary/aromatic N) is 2.